The normalized spacial score (nSPS) is 15.2. The molecular weight excluding hydrogens is 409 g/mol. The van der Waals surface area contributed by atoms with Gasteiger partial charge in [0.2, 0.25) is 5.91 Å². The first kappa shape index (κ1) is 21.4. The summed E-state index contributed by atoms with van der Waals surface area (Å²) < 4.78 is 18.6. The zero-order chi connectivity index (χ0) is 22.5. The highest BCUT2D eigenvalue weighted by molar-refractivity contribution is 5.94. The van der Waals surface area contributed by atoms with Crippen LogP contribution in [0.5, 0.6) is 5.75 Å². The molecule has 1 aliphatic rings. The molecule has 1 unspecified atom stereocenters. The molecule has 3 aromatic rings. The van der Waals surface area contributed by atoms with E-state index in [2.05, 4.69) is 16.0 Å². The lowest BCUT2D eigenvalue weighted by Crippen LogP contribution is -2.44. The number of hydrogen-bond donors (Lipinski definition) is 3. The van der Waals surface area contributed by atoms with Crippen LogP contribution >= 0.6 is 0 Å². The van der Waals surface area contributed by atoms with Gasteiger partial charge in [-0.05, 0) is 42.0 Å². The average molecular weight is 433 g/mol. The molecule has 6 nitrogen and oxygen atoms in total. The number of amides is 2. The summed E-state index contributed by atoms with van der Waals surface area (Å²) in [6, 6.07) is 19.5. The number of ether oxygens (including phenoxy) is 1. The van der Waals surface area contributed by atoms with Crippen LogP contribution in [0.2, 0.25) is 0 Å². The van der Waals surface area contributed by atoms with Gasteiger partial charge in [0.15, 0.2) is 0 Å². The number of halogens is 1. The third-order valence-corrected chi connectivity index (χ3v) is 5.49. The van der Waals surface area contributed by atoms with Crippen LogP contribution in [0.3, 0.4) is 0 Å². The third kappa shape index (κ3) is 4.72. The Balaban J connectivity index is 1.50. The highest BCUT2D eigenvalue weighted by atomic mass is 19.1. The number of nitrogens with one attached hydrogen (secondary N) is 3. The van der Waals surface area contributed by atoms with Crippen molar-refractivity contribution in [2.45, 2.75) is 18.5 Å². The van der Waals surface area contributed by atoms with E-state index >= 15 is 0 Å². The third-order valence-electron chi connectivity index (χ3n) is 5.49. The van der Waals surface area contributed by atoms with Gasteiger partial charge < -0.3 is 20.7 Å². The first-order chi connectivity index (χ1) is 15.5. The quantitative estimate of drug-likeness (QED) is 0.533. The first-order valence-corrected chi connectivity index (χ1v) is 10.4. The van der Waals surface area contributed by atoms with Crippen LogP contribution in [0.1, 0.15) is 27.5 Å². The Morgan fingerprint density at radius 1 is 1.06 bits per heavy atom. The van der Waals surface area contributed by atoms with Gasteiger partial charge in [0.25, 0.3) is 5.91 Å². The van der Waals surface area contributed by atoms with Crippen molar-refractivity contribution in [2.75, 3.05) is 19.0 Å². The van der Waals surface area contributed by atoms with E-state index < -0.39 is 17.9 Å². The van der Waals surface area contributed by atoms with Gasteiger partial charge in [-0.25, -0.2) is 4.39 Å². The van der Waals surface area contributed by atoms with Crippen molar-refractivity contribution < 1.29 is 18.7 Å². The zero-order valence-corrected chi connectivity index (χ0v) is 17.6. The molecule has 0 saturated carbocycles. The standard InChI is InChI=1S/C25H24FN3O3/c1-32-23-9-5-3-7-19(23)22(15-27-24(30)16-10-12-18(26)13-11-16)29-25(31)21-14-17-6-2-4-8-20(17)28-21/h2-13,21-22,28H,14-15H2,1H3,(H,27,30)(H,29,31)/t21-,22?/m0/s1. The molecule has 2 amide bonds. The molecule has 3 N–H and O–H groups in total. The minimum absolute atomic E-state index is 0.141. The second kappa shape index (κ2) is 9.51. The van der Waals surface area contributed by atoms with E-state index in [1.54, 1.807) is 13.2 Å². The molecule has 3 aromatic carbocycles. The lowest BCUT2D eigenvalue weighted by molar-refractivity contribution is -0.122. The van der Waals surface area contributed by atoms with Crippen molar-refractivity contribution >= 4 is 17.5 Å². The largest absolute Gasteiger partial charge is 0.496 e. The monoisotopic (exact) mass is 433 g/mol. The number of hydrogen-bond acceptors (Lipinski definition) is 4. The molecule has 32 heavy (non-hydrogen) atoms. The highest BCUT2D eigenvalue weighted by Crippen LogP contribution is 2.27. The number of benzene rings is 3. The fourth-order valence-corrected chi connectivity index (χ4v) is 3.82. The minimum atomic E-state index is -0.520. The van der Waals surface area contributed by atoms with Crippen LogP contribution in [0, 0.1) is 5.82 Å². The Bertz CT molecular complexity index is 1090. The molecule has 1 heterocycles. The van der Waals surface area contributed by atoms with Crippen LogP contribution in [0.4, 0.5) is 10.1 Å². The number of rotatable bonds is 7. The molecule has 0 fully saturated rings. The smallest absolute Gasteiger partial charge is 0.251 e. The molecular formula is C25H24FN3O3. The molecule has 0 spiro atoms. The Labute approximate surface area is 185 Å². The summed E-state index contributed by atoms with van der Waals surface area (Å²) in [4.78, 5) is 25.6. The molecule has 0 radical (unpaired) electrons. The molecule has 1 aliphatic heterocycles. The molecule has 7 heteroatoms. The van der Waals surface area contributed by atoms with Crippen molar-refractivity contribution in [3.05, 3.63) is 95.3 Å². The predicted molar refractivity (Wildman–Crippen MR) is 120 cm³/mol. The zero-order valence-electron chi connectivity index (χ0n) is 17.6. The summed E-state index contributed by atoms with van der Waals surface area (Å²) in [5.41, 5.74) is 3.12. The topological polar surface area (TPSA) is 79.5 Å². The van der Waals surface area contributed by atoms with E-state index in [0.29, 0.717) is 17.7 Å². The second-order valence-corrected chi connectivity index (χ2v) is 7.58. The maximum atomic E-state index is 13.2. The maximum Gasteiger partial charge on any atom is 0.251 e. The van der Waals surface area contributed by atoms with Gasteiger partial charge in [-0.15, -0.1) is 0 Å². The van der Waals surface area contributed by atoms with Crippen LogP contribution in [0.15, 0.2) is 72.8 Å². The van der Waals surface area contributed by atoms with Crippen molar-refractivity contribution in [2.24, 2.45) is 0 Å². The highest BCUT2D eigenvalue weighted by Gasteiger charge is 2.29. The van der Waals surface area contributed by atoms with Gasteiger partial charge in [-0.3, -0.25) is 9.59 Å². The lowest BCUT2D eigenvalue weighted by Gasteiger charge is -2.23. The van der Waals surface area contributed by atoms with Crippen LogP contribution in [0.25, 0.3) is 0 Å². The van der Waals surface area contributed by atoms with E-state index in [9.17, 15) is 14.0 Å². The van der Waals surface area contributed by atoms with Gasteiger partial charge in [0.1, 0.15) is 17.6 Å². The SMILES string of the molecule is COc1ccccc1C(CNC(=O)c1ccc(F)cc1)NC(=O)[C@@H]1Cc2ccccc2N1. The molecule has 0 bridgehead atoms. The van der Waals surface area contributed by atoms with Crippen molar-refractivity contribution in [3.63, 3.8) is 0 Å². The van der Waals surface area contributed by atoms with Gasteiger partial charge in [0.05, 0.1) is 13.2 Å². The van der Waals surface area contributed by atoms with Crippen LogP contribution in [-0.2, 0) is 11.2 Å². The molecule has 164 valence electrons. The van der Waals surface area contributed by atoms with E-state index in [1.807, 2.05) is 42.5 Å². The van der Waals surface area contributed by atoms with Gasteiger partial charge in [0, 0.05) is 29.8 Å². The van der Waals surface area contributed by atoms with E-state index in [0.717, 1.165) is 16.8 Å². The lowest BCUT2D eigenvalue weighted by atomic mass is 10.0. The predicted octanol–water partition coefficient (Wildman–Crippen LogP) is 3.46. The second-order valence-electron chi connectivity index (χ2n) is 7.58. The van der Waals surface area contributed by atoms with E-state index in [-0.39, 0.29) is 18.4 Å². The average Bonchev–Trinajstić information content (AvgIpc) is 3.26. The Kier molecular flexibility index (Phi) is 6.35. The number of carbonyl (C=O) groups is 2. The number of fused-ring (bicyclic) bond motifs is 1. The molecule has 0 aliphatic carbocycles. The summed E-state index contributed by atoms with van der Waals surface area (Å²) in [7, 11) is 1.56. The van der Waals surface area contributed by atoms with Gasteiger partial charge in [-0.2, -0.15) is 0 Å². The van der Waals surface area contributed by atoms with Gasteiger partial charge >= 0.3 is 0 Å². The summed E-state index contributed by atoms with van der Waals surface area (Å²) in [5, 5.41) is 9.12. The van der Waals surface area contributed by atoms with Crippen molar-refractivity contribution in [3.8, 4) is 5.75 Å². The number of para-hydroxylation sites is 2. The summed E-state index contributed by atoms with van der Waals surface area (Å²) in [6.07, 6.45) is 0.586. The molecule has 0 aromatic heterocycles. The Morgan fingerprint density at radius 3 is 2.53 bits per heavy atom. The van der Waals surface area contributed by atoms with Crippen LogP contribution in [-0.4, -0.2) is 31.5 Å². The van der Waals surface area contributed by atoms with Crippen molar-refractivity contribution in [1.29, 1.82) is 0 Å². The Hall–Kier alpha value is -3.87. The van der Waals surface area contributed by atoms with E-state index in [4.69, 9.17) is 4.74 Å². The van der Waals surface area contributed by atoms with Crippen LogP contribution < -0.4 is 20.7 Å². The number of methoxy groups -OCH3 is 1. The first-order valence-electron chi connectivity index (χ1n) is 10.4. The fraction of sp³-hybridized carbons (Fsp3) is 0.200. The summed E-state index contributed by atoms with van der Waals surface area (Å²) in [6.45, 7) is 0.141. The molecule has 2 atom stereocenters. The van der Waals surface area contributed by atoms with Crippen molar-refractivity contribution in [1.82, 2.24) is 10.6 Å². The van der Waals surface area contributed by atoms with Gasteiger partial charge in [-0.1, -0.05) is 36.4 Å². The maximum absolute atomic E-state index is 13.2. The number of anilines is 1. The summed E-state index contributed by atoms with van der Waals surface area (Å²) in [5.74, 6) is -0.332. The van der Waals surface area contributed by atoms with E-state index in [1.165, 1.54) is 24.3 Å². The minimum Gasteiger partial charge on any atom is -0.496 e. The molecule has 4 rings (SSSR count). The number of carbonyl (C=O) groups excluding carboxylic acids is 2. The Morgan fingerprint density at radius 2 is 1.78 bits per heavy atom. The molecule has 0 saturated heterocycles. The summed E-state index contributed by atoms with van der Waals surface area (Å²) >= 11 is 0. The fourth-order valence-electron chi connectivity index (χ4n) is 3.82.